The Balaban J connectivity index is 1.10. The maximum atomic E-state index is 11.7. The number of hydrogen-bond acceptors (Lipinski definition) is 7. The lowest BCUT2D eigenvalue weighted by molar-refractivity contribution is -0.0722. The predicted octanol–water partition coefficient (Wildman–Crippen LogP) is 6.16. The van der Waals surface area contributed by atoms with Crippen LogP contribution in [0.2, 0.25) is 5.02 Å². The first-order valence-electron chi connectivity index (χ1n) is 14.5. The van der Waals surface area contributed by atoms with Crippen LogP contribution in [0.25, 0.3) is 11.0 Å². The first-order valence-corrected chi connectivity index (χ1v) is 14.9. The Bertz CT molecular complexity index is 1640. The van der Waals surface area contributed by atoms with E-state index in [9.17, 15) is 9.90 Å². The average molecular weight is 589 g/mol. The van der Waals surface area contributed by atoms with Crippen LogP contribution in [-0.2, 0) is 17.1 Å². The number of aromatic carboxylic acids is 1. The highest BCUT2D eigenvalue weighted by atomic mass is 35.5. The molecule has 2 saturated heterocycles. The average Bonchev–Trinajstić information content (AvgIpc) is 3.52. The SMILES string of the molecule is C[C@@H](c1nc2ccc(C(=O)O)cc2n1C[C@@H]1CCO1)N1CCC(c2cccc3c2O[C@@](C)(c2ccc(Cl)cn2)O3)CC1. The number of para-hydroxylation sites is 1. The van der Waals surface area contributed by atoms with Crippen molar-refractivity contribution in [1.82, 2.24) is 19.4 Å². The fourth-order valence-corrected chi connectivity index (χ4v) is 6.51. The number of pyridine rings is 1. The quantitative estimate of drug-likeness (QED) is 0.274. The molecule has 4 aromatic rings. The molecule has 0 aliphatic carbocycles. The zero-order valence-corrected chi connectivity index (χ0v) is 24.4. The maximum absolute atomic E-state index is 11.7. The summed E-state index contributed by atoms with van der Waals surface area (Å²) < 4.78 is 20.7. The van der Waals surface area contributed by atoms with Crippen molar-refractivity contribution < 1.29 is 24.1 Å². The van der Waals surface area contributed by atoms with E-state index in [0.717, 1.165) is 72.9 Å². The second-order valence-corrected chi connectivity index (χ2v) is 12.0. The van der Waals surface area contributed by atoms with Crippen molar-refractivity contribution in [1.29, 1.82) is 0 Å². The number of likely N-dealkylation sites (tertiary alicyclic amines) is 1. The van der Waals surface area contributed by atoms with Gasteiger partial charge in [0.25, 0.3) is 5.79 Å². The fraction of sp³-hybridized carbons (Fsp3) is 0.406. The summed E-state index contributed by atoms with van der Waals surface area (Å²) in [6.07, 6.45) is 4.67. The summed E-state index contributed by atoms with van der Waals surface area (Å²) >= 11 is 6.05. The number of carbonyl (C=O) groups is 1. The minimum absolute atomic E-state index is 0.0621. The first kappa shape index (κ1) is 27.2. The van der Waals surface area contributed by atoms with Gasteiger partial charge in [0.2, 0.25) is 0 Å². The van der Waals surface area contributed by atoms with E-state index in [-0.39, 0.29) is 17.7 Å². The lowest BCUT2D eigenvalue weighted by Gasteiger charge is -2.37. The number of halogens is 1. The summed E-state index contributed by atoms with van der Waals surface area (Å²) in [5, 5.41) is 10.1. The molecule has 0 amide bonds. The van der Waals surface area contributed by atoms with Gasteiger partial charge < -0.3 is 23.9 Å². The second-order valence-electron chi connectivity index (χ2n) is 11.5. The standard InChI is InChI=1S/C32H33ClN4O5/c1-19(30-35-25-8-6-21(31(38)39)16-26(25)37(30)18-23-12-15-40-23)36-13-10-20(11-14-36)24-4-3-5-27-29(24)42-32(2,41-27)28-9-7-22(33)17-34-28/h3-9,16-17,19-20,23H,10-15,18H2,1-2H3,(H,38,39)/t19-,23-,32-/m0/s1. The van der Waals surface area contributed by atoms with E-state index in [4.69, 9.17) is 30.8 Å². The summed E-state index contributed by atoms with van der Waals surface area (Å²) in [7, 11) is 0. The van der Waals surface area contributed by atoms with Crippen molar-refractivity contribution in [3.63, 3.8) is 0 Å². The summed E-state index contributed by atoms with van der Waals surface area (Å²) in [6, 6.07) is 15.0. The molecule has 42 heavy (non-hydrogen) atoms. The van der Waals surface area contributed by atoms with Gasteiger partial charge in [0, 0.05) is 25.3 Å². The molecule has 10 heteroatoms. The van der Waals surface area contributed by atoms with Gasteiger partial charge in [-0.15, -0.1) is 0 Å². The zero-order chi connectivity index (χ0) is 29.0. The van der Waals surface area contributed by atoms with Gasteiger partial charge >= 0.3 is 5.97 Å². The number of benzene rings is 2. The molecular weight excluding hydrogens is 556 g/mol. The van der Waals surface area contributed by atoms with E-state index in [1.54, 1.807) is 24.4 Å². The summed E-state index contributed by atoms with van der Waals surface area (Å²) in [5.74, 6) is 0.850. The number of ether oxygens (including phenoxy) is 3. The third kappa shape index (κ3) is 4.79. The molecule has 9 nitrogen and oxygen atoms in total. The molecule has 218 valence electrons. The van der Waals surface area contributed by atoms with Crippen LogP contribution in [0.15, 0.2) is 54.7 Å². The lowest BCUT2D eigenvalue weighted by atomic mass is 9.88. The van der Waals surface area contributed by atoms with Crippen molar-refractivity contribution in [2.45, 2.75) is 63.5 Å². The smallest absolute Gasteiger partial charge is 0.335 e. The Hall–Kier alpha value is -3.66. The molecule has 3 aliphatic rings. The van der Waals surface area contributed by atoms with Gasteiger partial charge in [0.15, 0.2) is 11.5 Å². The van der Waals surface area contributed by atoms with Crippen molar-refractivity contribution in [3.05, 3.63) is 82.4 Å². The largest absolute Gasteiger partial charge is 0.478 e. The molecule has 7 rings (SSSR count). The Morgan fingerprint density at radius 3 is 2.64 bits per heavy atom. The number of carboxylic acid groups (broad SMARTS) is 1. The number of imidazole rings is 1. The number of fused-ring (bicyclic) bond motifs is 2. The van der Waals surface area contributed by atoms with E-state index in [1.807, 2.05) is 31.2 Å². The van der Waals surface area contributed by atoms with Gasteiger partial charge in [-0.25, -0.2) is 9.78 Å². The van der Waals surface area contributed by atoms with Crippen LogP contribution in [0.1, 0.15) is 72.5 Å². The molecule has 0 spiro atoms. The lowest BCUT2D eigenvalue weighted by Crippen LogP contribution is -2.37. The van der Waals surface area contributed by atoms with Gasteiger partial charge in [0.05, 0.1) is 40.3 Å². The van der Waals surface area contributed by atoms with Crippen LogP contribution in [0.3, 0.4) is 0 Å². The summed E-state index contributed by atoms with van der Waals surface area (Å²) in [5.41, 5.74) is 3.75. The van der Waals surface area contributed by atoms with Crippen LogP contribution >= 0.6 is 11.6 Å². The van der Waals surface area contributed by atoms with E-state index >= 15 is 0 Å². The third-order valence-electron chi connectivity index (χ3n) is 8.90. The van der Waals surface area contributed by atoms with Crippen molar-refractivity contribution in [3.8, 4) is 11.5 Å². The molecule has 1 N–H and O–H groups in total. The molecule has 3 atom stereocenters. The number of aromatic nitrogens is 3. The fourth-order valence-electron chi connectivity index (χ4n) is 6.40. The topological polar surface area (TPSA) is 98.9 Å². The van der Waals surface area contributed by atoms with Crippen LogP contribution in [-0.4, -0.2) is 56.3 Å². The number of carboxylic acids is 1. The number of nitrogens with zero attached hydrogens (tertiary/aromatic N) is 4. The highest BCUT2D eigenvalue weighted by Gasteiger charge is 2.42. The van der Waals surface area contributed by atoms with E-state index in [2.05, 4.69) is 27.4 Å². The molecule has 2 aromatic heterocycles. The Labute approximate surface area is 249 Å². The van der Waals surface area contributed by atoms with Gasteiger partial charge in [0.1, 0.15) is 11.5 Å². The van der Waals surface area contributed by atoms with E-state index < -0.39 is 11.8 Å². The van der Waals surface area contributed by atoms with Crippen molar-refractivity contribution in [2.75, 3.05) is 19.7 Å². The van der Waals surface area contributed by atoms with Crippen LogP contribution in [0.5, 0.6) is 11.5 Å². The van der Waals surface area contributed by atoms with Gasteiger partial charge in [-0.3, -0.25) is 9.88 Å². The van der Waals surface area contributed by atoms with E-state index in [1.165, 1.54) is 0 Å². The molecule has 0 radical (unpaired) electrons. The van der Waals surface area contributed by atoms with Gasteiger partial charge in [-0.1, -0.05) is 23.7 Å². The first-order chi connectivity index (χ1) is 20.3. The Kier molecular flexibility index (Phi) is 6.84. The molecule has 3 aliphatic heterocycles. The number of piperidine rings is 1. The molecule has 0 unspecified atom stereocenters. The summed E-state index contributed by atoms with van der Waals surface area (Å²) in [6.45, 7) is 7.32. The Morgan fingerprint density at radius 2 is 1.95 bits per heavy atom. The van der Waals surface area contributed by atoms with Crippen molar-refractivity contribution >= 4 is 28.6 Å². The van der Waals surface area contributed by atoms with Gasteiger partial charge in [-0.05, 0) is 81.6 Å². The minimum atomic E-state index is -1.01. The molecule has 2 aromatic carbocycles. The summed E-state index contributed by atoms with van der Waals surface area (Å²) in [4.78, 5) is 23.6. The van der Waals surface area contributed by atoms with Crippen molar-refractivity contribution in [2.24, 2.45) is 0 Å². The Morgan fingerprint density at radius 1 is 1.14 bits per heavy atom. The minimum Gasteiger partial charge on any atom is -0.478 e. The molecular formula is C32H33ClN4O5. The normalized spacial score (nSPS) is 23.2. The van der Waals surface area contributed by atoms with Crippen LogP contribution in [0, 0.1) is 0 Å². The number of hydrogen-bond donors (Lipinski definition) is 1. The monoisotopic (exact) mass is 588 g/mol. The number of rotatable bonds is 7. The molecule has 5 heterocycles. The third-order valence-corrected chi connectivity index (χ3v) is 9.12. The van der Waals surface area contributed by atoms with Gasteiger partial charge in [-0.2, -0.15) is 0 Å². The highest BCUT2D eigenvalue weighted by Crippen LogP contribution is 2.49. The maximum Gasteiger partial charge on any atom is 0.335 e. The highest BCUT2D eigenvalue weighted by molar-refractivity contribution is 6.30. The molecule has 0 bridgehead atoms. The molecule has 2 fully saturated rings. The van der Waals surface area contributed by atoms with Crippen LogP contribution < -0.4 is 9.47 Å². The zero-order valence-electron chi connectivity index (χ0n) is 23.6. The second kappa shape index (κ2) is 10.6. The predicted molar refractivity (Wildman–Crippen MR) is 157 cm³/mol. The molecule has 0 saturated carbocycles. The van der Waals surface area contributed by atoms with Crippen LogP contribution in [0.4, 0.5) is 0 Å². The van der Waals surface area contributed by atoms with E-state index in [0.29, 0.717) is 23.2 Å².